The Bertz CT molecular complexity index is 464. The summed E-state index contributed by atoms with van der Waals surface area (Å²) in [5.41, 5.74) is 1.31. The lowest BCUT2D eigenvalue weighted by Gasteiger charge is -2.05. The Morgan fingerprint density at radius 2 is 1.95 bits per heavy atom. The molecule has 20 heavy (non-hydrogen) atoms. The maximum Gasteiger partial charge on any atom is 0.187 e. The van der Waals surface area contributed by atoms with Crippen molar-refractivity contribution in [3.8, 4) is 0 Å². The average molecular weight is 333 g/mol. The van der Waals surface area contributed by atoms with Gasteiger partial charge in [-0.2, -0.15) is 0 Å². The molecule has 4 nitrogen and oxygen atoms in total. The molecule has 0 aliphatic heterocycles. The lowest BCUT2D eigenvalue weighted by atomic mass is 10.4. The van der Waals surface area contributed by atoms with E-state index in [4.69, 9.17) is 0 Å². The molecule has 2 rings (SSSR count). The van der Waals surface area contributed by atoms with Crippen LogP contribution in [-0.4, -0.2) is 26.8 Å². The van der Waals surface area contributed by atoms with Crippen molar-refractivity contribution in [3.05, 3.63) is 42.5 Å². The highest BCUT2D eigenvalue weighted by Crippen LogP contribution is 2.11. The van der Waals surface area contributed by atoms with Crippen LogP contribution in [0.4, 0.5) is 0 Å². The van der Waals surface area contributed by atoms with Crippen LogP contribution in [0.3, 0.4) is 0 Å². The molecule has 0 fully saturated rings. The maximum atomic E-state index is 4.18. The molecule has 1 N–H and O–H groups in total. The molecule has 0 bridgehead atoms. The van der Waals surface area contributed by atoms with E-state index >= 15 is 0 Å². The minimum Gasteiger partial charge on any atom is -1.00 e. The SMILES string of the molecule is Cn1cccc1CNCCCSc1ncccn1.[Cl-].[Cl-]. The largest absolute Gasteiger partial charge is 1.00 e. The molecule has 2 aromatic rings. The van der Waals surface area contributed by atoms with Crippen molar-refractivity contribution in [2.24, 2.45) is 7.05 Å². The van der Waals surface area contributed by atoms with Crippen molar-refractivity contribution in [1.82, 2.24) is 19.9 Å². The lowest BCUT2D eigenvalue weighted by Crippen LogP contribution is -3.00. The van der Waals surface area contributed by atoms with Gasteiger partial charge >= 0.3 is 0 Å². The number of nitrogens with zero attached hydrogens (tertiary/aromatic N) is 3. The molecule has 0 spiro atoms. The highest BCUT2D eigenvalue weighted by Gasteiger charge is 1.97. The summed E-state index contributed by atoms with van der Waals surface area (Å²) in [4.78, 5) is 8.35. The van der Waals surface area contributed by atoms with Gasteiger partial charge in [0.15, 0.2) is 5.16 Å². The Morgan fingerprint density at radius 3 is 2.60 bits per heavy atom. The first-order chi connectivity index (χ1) is 8.86. The van der Waals surface area contributed by atoms with Gasteiger partial charge in [0.2, 0.25) is 0 Å². The van der Waals surface area contributed by atoms with E-state index in [2.05, 4.69) is 45.2 Å². The highest BCUT2D eigenvalue weighted by molar-refractivity contribution is 7.99. The highest BCUT2D eigenvalue weighted by atomic mass is 35.5. The Balaban J connectivity index is 0.00000180. The summed E-state index contributed by atoms with van der Waals surface area (Å²) in [6, 6.07) is 6.05. The number of hydrogen-bond acceptors (Lipinski definition) is 4. The van der Waals surface area contributed by atoms with E-state index < -0.39 is 0 Å². The molecule has 7 heteroatoms. The van der Waals surface area contributed by atoms with Gasteiger partial charge in [-0.3, -0.25) is 0 Å². The molecule has 0 saturated carbocycles. The topological polar surface area (TPSA) is 42.7 Å². The van der Waals surface area contributed by atoms with E-state index in [9.17, 15) is 0 Å². The fraction of sp³-hybridized carbons (Fsp3) is 0.385. The minimum absolute atomic E-state index is 0. The second kappa shape index (κ2) is 11.0. The summed E-state index contributed by atoms with van der Waals surface area (Å²) in [6.07, 6.45) is 6.75. The second-order valence-electron chi connectivity index (χ2n) is 4.02. The Labute approximate surface area is 136 Å². The van der Waals surface area contributed by atoms with E-state index in [1.807, 2.05) is 6.07 Å². The zero-order valence-electron chi connectivity index (χ0n) is 11.3. The molecule has 0 amide bonds. The summed E-state index contributed by atoms with van der Waals surface area (Å²) in [7, 11) is 2.07. The first-order valence-corrected chi connectivity index (χ1v) is 7.05. The van der Waals surface area contributed by atoms with E-state index in [-0.39, 0.29) is 24.8 Å². The number of aryl methyl sites for hydroxylation is 1. The first kappa shape index (κ1) is 19.2. The monoisotopic (exact) mass is 332 g/mol. The summed E-state index contributed by atoms with van der Waals surface area (Å²) >= 11 is 1.70. The molecule has 2 heterocycles. The van der Waals surface area contributed by atoms with E-state index in [1.165, 1.54) is 5.69 Å². The van der Waals surface area contributed by atoms with Crippen molar-refractivity contribution < 1.29 is 24.8 Å². The molecular formula is C13H18Cl2N4S-2. The van der Waals surface area contributed by atoms with Crippen LogP contribution < -0.4 is 30.1 Å². The third-order valence-electron chi connectivity index (χ3n) is 2.63. The second-order valence-corrected chi connectivity index (χ2v) is 5.08. The molecule has 0 aromatic carbocycles. The number of thioether (sulfide) groups is 1. The molecular weight excluding hydrogens is 315 g/mol. The van der Waals surface area contributed by atoms with Crippen LogP contribution in [-0.2, 0) is 13.6 Å². The quantitative estimate of drug-likeness (QED) is 0.320. The molecule has 0 radical (unpaired) electrons. The van der Waals surface area contributed by atoms with Crippen LogP contribution in [0.5, 0.6) is 0 Å². The summed E-state index contributed by atoms with van der Waals surface area (Å²) < 4.78 is 2.14. The van der Waals surface area contributed by atoms with Gasteiger partial charge in [-0.25, -0.2) is 9.97 Å². The molecule has 0 saturated heterocycles. The zero-order chi connectivity index (χ0) is 12.6. The fourth-order valence-electron chi connectivity index (χ4n) is 1.62. The zero-order valence-corrected chi connectivity index (χ0v) is 13.6. The van der Waals surface area contributed by atoms with E-state index in [0.717, 1.165) is 30.4 Å². The van der Waals surface area contributed by atoms with Crippen molar-refractivity contribution in [3.63, 3.8) is 0 Å². The summed E-state index contributed by atoms with van der Waals surface area (Å²) in [5.74, 6) is 1.05. The van der Waals surface area contributed by atoms with E-state index in [1.54, 1.807) is 24.2 Å². The fourth-order valence-corrected chi connectivity index (χ4v) is 2.36. The number of halogens is 2. The van der Waals surface area contributed by atoms with Gasteiger partial charge in [-0.15, -0.1) is 0 Å². The van der Waals surface area contributed by atoms with E-state index in [0.29, 0.717) is 0 Å². The van der Waals surface area contributed by atoms with Crippen LogP contribution in [0.15, 0.2) is 41.9 Å². The molecule has 0 aliphatic carbocycles. The lowest BCUT2D eigenvalue weighted by molar-refractivity contribution is -0.001000. The average Bonchev–Trinajstić information content (AvgIpc) is 2.81. The third kappa shape index (κ3) is 6.61. The Morgan fingerprint density at radius 1 is 1.20 bits per heavy atom. The number of hydrogen-bond donors (Lipinski definition) is 1. The van der Waals surface area contributed by atoms with Crippen molar-refractivity contribution in [2.45, 2.75) is 18.1 Å². The molecule has 0 aliphatic rings. The number of nitrogens with one attached hydrogen (secondary N) is 1. The molecule has 0 unspecified atom stereocenters. The summed E-state index contributed by atoms with van der Waals surface area (Å²) in [5, 5.41) is 4.30. The van der Waals surface area contributed by atoms with Gasteiger partial charge in [-0.05, 0) is 31.2 Å². The Hall–Kier alpha value is -0.750. The van der Waals surface area contributed by atoms with Crippen molar-refractivity contribution in [2.75, 3.05) is 12.3 Å². The standard InChI is InChI=1S/C13H18N4S.2ClH/c1-17-9-2-5-12(17)11-14-6-4-10-18-13-15-7-3-8-16-13;;/h2-3,5,7-9,14H,4,6,10-11H2,1H3;2*1H/p-2. The van der Waals surface area contributed by atoms with Crippen molar-refractivity contribution in [1.29, 1.82) is 0 Å². The Kier molecular flexibility index (Phi) is 10.6. The van der Waals surface area contributed by atoms with Gasteiger partial charge in [0.1, 0.15) is 0 Å². The van der Waals surface area contributed by atoms with Gasteiger partial charge in [0.25, 0.3) is 0 Å². The predicted molar refractivity (Wildman–Crippen MR) is 74.5 cm³/mol. The number of rotatable bonds is 7. The smallest absolute Gasteiger partial charge is 0.187 e. The van der Waals surface area contributed by atoms with Gasteiger partial charge in [0, 0.05) is 43.6 Å². The van der Waals surface area contributed by atoms with Gasteiger partial charge in [0.05, 0.1) is 0 Å². The van der Waals surface area contributed by atoms with Crippen LogP contribution in [0.25, 0.3) is 0 Å². The van der Waals surface area contributed by atoms with Gasteiger partial charge < -0.3 is 34.7 Å². The maximum absolute atomic E-state index is 4.18. The van der Waals surface area contributed by atoms with Crippen LogP contribution in [0.1, 0.15) is 12.1 Å². The molecule has 112 valence electrons. The summed E-state index contributed by atoms with van der Waals surface area (Å²) in [6.45, 7) is 1.95. The first-order valence-electron chi connectivity index (χ1n) is 6.07. The molecule has 2 aromatic heterocycles. The third-order valence-corrected chi connectivity index (χ3v) is 3.59. The van der Waals surface area contributed by atoms with Gasteiger partial charge in [-0.1, -0.05) is 11.8 Å². The van der Waals surface area contributed by atoms with Crippen LogP contribution in [0, 0.1) is 0 Å². The minimum atomic E-state index is 0. The van der Waals surface area contributed by atoms with Crippen LogP contribution >= 0.6 is 11.8 Å². The molecule has 0 atom stereocenters. The van der Waals surface area contributed by atoms with Crippen LogP contribution in [0.2, 0.25) is 0 Å². The van der Waals surface area contributed by atoms with Crippen molar-refractivity contribution >= 4 is 11.8 Å². The number of aromatic nitrogens is 3. The predicted octanol–water partition coefficient (Wildman–Crippen LogP) is -3.90. The normalized spacial score (nSPS) is 9.65.